The van der Waals surface area contributed by atoms with E-state index in [0.717, 1.165) is 39.5 Å². The molecule has 0 fully saturated rings. The van der Waals surface area contributed by atoms with Crippen LogP contribution in [-0.2, 0) is 0 Å². The number of thiophene rings is 2. The number of ether oxygens (including phenoxy) is 1. The van der Waals surface area contributed by atoms with Crippen LogP contribution in [0.25, 0.3) is 79.0 Å². The fourth-order valence-electron chi connectivity index (χ4n) is 8.43. The lowest BCUT2D eigenvalue weighted by Gasteiger charge is -2.27. The van der Waals surface area contributed by atoms with Gasteiger partial charge >= 0.3 is 0 Å². The van der Waals surface area contributed by atoms with Crippen molar-refractivity contribution in [1.82, 2.24) is 4.57 Å². The summed E-state index contributed by atoms with van der Waals surface area (Å²) in [6, 6.07) is 61.6. The summed E-state index contributed by atoms with van der Waals surface area (Å²) >= 11 is 3.74. The molecule has 3 nitrogen and oxygen atoms in total. The van der Waals surface area contributed by atoms with E-state index in [4.69, 9.17) is 4.74 Å². The molecule has 0 saturated heterocycles. The average Bonchev–Trinajstić information content (AvgIpc) is 3.90. The van der Waals surface area contributed by atoms with Gasteiger partial charge in [-0.05, 0) is 71.8 Å². The van der Waals surface area contributed by atoms with E-state index >= 15 is 0 Å². The Balaban J connectivity index is 1.02. The monoisotopic (exact) mass is 712 g/mol. The van der Waals surface area contributed by atoms with Crippen molar-refractivity contribution >= 4 is 102 Å². The van der Waals surface area contributed by atoms with Gasteiger partial charge in [0.2, 0.25) is 0 Å². The second-order valence-electron chi connectivity index (χ2n) is 13.7. The Kier molecular flexibility index (Phi) is 6.09. The van der Waals surface area contributed by atoms with E-state index in [-0.39, 0.29) is 0 Å². The summed E-state index contributed by atoms with van der Waals surface area (Å²) in [5.74, 6) is 1.75. The predicted molar refractivity (Wildman–Crippen MR) is 227 cm³/mol. The lowest BCUT2D eigenvalue weighted by molar-refractivity contribution is 0.476. The first-order chi connectivity index (χ1) is 26.3. The van der Waals surface area contributed by atoms with Gasteiger partial charge in [-0.2, -0.15) is 0 Å². The van der Waals surface area contributed by atoms with Crippen molar-refractivity contribution in [3.8, 4) is 28.3 Å². The first-order valence-electron chi connectivity index (χ1n) is 17.8. The molecule has 0 N–H and O–H groups in total. The van der Waals surface area contributed by atoms with E-state index in [2.05, 4.69) is 179 Å². The van der Waals surface area contributed by atoms with Gasteiger partial charge in [0.1, 0.15) is 0 Å². The van der Waals surface area contributed by atoms with Crippen LogP contribution >= 0.6 is 22.7 Å². The maximum atomic E-state index is 6.62. The smallest absolute Gasteiger partial charge is 0.152 e. The molecule has 248 valence electrons. The molecule has 0 radical (unpaired) electrons. The van der Waals surface area contributed by atoms with Crippen molar-refractivity contribution in [3.05, 3.63) is 170 Å². The third-order valence-electron chi connectivity index (χ3n) is 10.8. The van der Waals surface area contributed by atoms with Crippen LogP contribution in [0, 0.1) is 0 Å². The molecule has 0 unspecified atom stereocenters. The minimum Gasteiger partial charge on any atom is -0.453 e. The number of aromatic nitrogens is 1. The summed E-state index contributed by atoms with van der Waals surface area (Å²) < 4.78 is 14.2. The van der Waals surface area contributed by atoms with Gasteiger partial charge in [-0.1, -0.05) is 109 Å². The number of anilines is 3. The van der Waals surface area contributed by atoms with E-state index in [0.29, 0.717) is 0 Å². The molecule has 8 aromatic carbocycles. The van der Waals surface area contributed by atoms with E-state index < -0.39 is 0 Å². The van der Waals surface area contributed by atoms with Crippen LogP contribution in [0.1, 0.15) is 0 Å². The minimum atomic E-state index is 0.863. The van der Waals surface area contributed by atoms with E-state index in [1.165, 1.54) is 68.0 Å². The Morgan fingerprint density at radius 1 is 0.434 bits per heavy atom. The Bertz CT molecular complexity index is 3160. The molecular weight excluding hydrogens is 685 g/mol. The highest BCUT2D eigenvalue weighted by Crippen LogP contribution is 2.50. The minimum absolute atomic E-state index is 0.863. The van der Waals surface area contributed by atoms with E-state index in [1.807, 2.05) is 22.7 Å². The summed E-state index contributed by atoms with van der Waals surface area (Å²) in [7, 11) is 0. The molecule has 0 atom stereocenters. The van der Waals surface area contributed by atoms with Crippen LogP contribution in [0.4, 0.5) is 17.1 Å². The van der Waals surface area contributed by atoms with Crippen LogP contribution in [-0.4, -0.2) is 4.57 Å². The quantitative estimate of drug-likeness (QED) is 0.181. The first-order valence-corrected chi connectivity index (χ1v) is 19.5. The normalized spacial score (nSPS) is 12.3. The standard InChI is InChI=1S/C48H28N2OS2/c1-4-16-38-32(10-1)35-13-9-19-42-46(35)50(38)39-27-24-30(28-43(39)51-42)29-22-25-31(26-23-29)49(40-17-7-14-36-33-11-2-5-20-44(33)52-47(36)40)41-18-8-15-37-34-12-3-6-21-45(34)53-48(37)41/h1-28H. The maximum Gasteiger partial charge on any atom is 0.152 e. The first kappa shape index (κ1) is 29.2. The zero-order valence-electron chi connectivity index (χ0n) is 28.3. The van der Waals surface area contributed by atoms with Crippen LogP contribution < -0.4 is 9.64 Å². The summed E-state index contributed by atoms with van der Waals surface area (Å²) in [6.45, 7) is 0. The van der Waals surface area contributed by atoms with Gasteiger partial charge in [-0.25, -0.2) is 0 Å². The summed E-state index contributed by atoms with van der Waals surface area (Å²) in [4.78, 5) is 2.47. The van der Waals surface area contributed by atoms with Gasteiger partial charge in [0.15, 0.2) is 11.5 Å². The third kappa shape index (κ3) is 4.20. The molecule has 0 bridgehead atoms. The summed E-state index contributed by atoms with van der Waals surface area (Å²) in [5, 5.41) is 7.63. The molecule has 1 aliphatic rings. The Labute approximate surface area is 312 Å². The third-order valence-corrected chi connectivity index (χ3v) is 13.2. The van der Waals surface area contributed by atoms with Crippen molar-refractivity contribution in [2.75, 3.05) is 4.90 Å². The Morgan fingerprint density at radius 3 is 1.70 bits per heavy atom. The van der Waals surface area contributed by atoms with Gasteiger partial charge in [-0.15, -0.1) is 22.7 Å². The maximum absolute atomic E-state index is 6.62. The van der Waals surface area contributed by atoms with Crippen LogP contribution in [0.15, 0.2) is 170 Å². The van der Waals surface area contributed by atoms with E-state index in [9.17, 15) is 0 Å². The molecule has 53 heavy (non-hydrogen) atoms. The molecule has 0 spiro atoms. The van der Waals surface area contributed by atoms with Crippen LogP contribution in [0.2, 0.25) is 0 Å². The lowest BCUT2D eigenvalue weighted by atomic mass is 10.0. The molecule has 4 heterocycles. The molecule has 11 aromatic rings. The number of hydrogen-bond donors (Lipinski definition) is 0. The molecule has 12 rings (SSSR count). The molecule has 5 heteroatoms. The number of rotatable bonds is 4. The van der Waals surface area contributed by atoms with Crippen LogP contribution in [0.5, 0.6) is 11.5 Å². The molecule has 0 saturated carbocycles. The predicted octanol–water partition coefficient (Wildman–Crippen LogP) is 14.8. The largest absolute Gasteiger partial charge is 0.453 e. The Morgan fingerprint density at radius 2 is 1.00 bits per heavy atom. The zero-order chi connectivity index (χ0) is 34.6. The molecule has 1 aliphatic heterocycles. The van der Waals surface area contributed by atoms with Gasteiger partial charge < -0.3 is 14.2 Å². The molecule has 3 aromatic heterocycles. The van der Waals surface area contributed by atoms with Crippen molar-refractivity contribution in [2.45, 2.75) is 0 Å². The molecule has 0 amide bonds. The number of para-hydroxylation sites is 2. The molecule has 0 aliphatic carbocycles. The zero-order valence-corrected chi connectivity index (χ0v) is 29.9. The summed E-state index contributed by atoms with van der Waals surface area (Å²) in [5.41, 5.74) is 9.14. The van der Waals surface area contributed by atoms with Crippen molar-refractivity contribution in [3.63, 3.8) is 0 Å². The lowest BCUT2D eigenvalue weighted by Crippen LogP contribution is -2.10. The summed E-state index contributed by atoms with van der Waals surface area (Å²) in [6.07, 6.45) is 0. The van der Waals surface area contributed by atoms with Crippen molar-refractivity contribution in [2.24, 2.45) is 0 Å². The van der Waals surface area contributed by atoms with Crippen LogP contribution in [0.3, 0.4) is 0 Å². The highest BCUT2D eigenvalue weighted by Gasteiger charge is 2.25. The second kappa shape index (κ2) is 11.1. The number of fused-ring (bicyclic) bond motifs is 11. The average molecular weight is 713 g/mol. The van der Waals surface area contributed by atoms with Crippen molar-refractivity contribution < 1.29 is 4.74 Å². The van der Waals surface area contributed by atoms with Gasteiger partial charge in [-0.3, -0.25) is 0 Å². The fourth-order valence-corrected chi connectivity index (χ4v) is 10.8. The Hall–Kier alpha value is -6.40. The topological polar surface area (TPSA) is 17.4 Å². The second-order valence-corrected chi connectivity index (χ2v) is 15.8. The van der Waals surface area contributed by atoms with Crippen molar-refractivity contribution in [1.29, 1.82) is 0 Å². The highest BCUT2D eigenvalue weighted by molar-refractivity contribution is 7.27. The van der Waals surface area contributed by atoms with E-state index in [1.54, 1.807) is 0 Å². The molecular formula is C48H28N2OS2. The number of nitrogens with zero attached hydrogens (tertiary/aromatic N) is 2. The van der Waals surface area contributed by atoms with Gasteiger partial charge in [0, 0.05) is 47.4 Å². The SMILES string of the molecule is c1ccc2c(c1)sc1c(N(c3ccc(-c4ccc5c(c4)Oc4cccc6c7ccccc7n-5c46)cc3)c3cccc4c3sc3ccccc34)cccc12. The van der Waals surface area contributed by atoms with Gasteiger partial charge in [0.25, 0.3) is 0 Å². The number of hydrogen-bond acceptors (Lipinski definition) is 4. The fraction of sp³-hybridized carbons (Fsp3) is 0. The number of benzene rings is 8. The highest BCUT2D eigenvalue weighted by atomic mass is 32.1. The van der Waals surface area contributed by atoms with Gasteiger partial charge in [0.05, 0.1) is 37.5 Å².